The third-order valence-corrected chi connectivity index (χ3v) is 8.45. The van der Waals surface area contributed by atoms with Crippen molar-refractivity contribution in [3.05, 3.63) is 41.7 Å². The molecule has 194 valence electrons. The van der Waals surface area contributed by atoms with Crippen molar-refractivity contribution in [3.8, 4) is 0 Å². The minimum absolute atomic E-state index is 0.0309. The first kappa shape index (κ1) is 24.8. The van der Waals surface area contributed by atoms with Gasteiger partial charge in [-0.05, 0) is 63.0 Å². The number of hydrogen-bond acceptors (Lipinski definition) is 4. The van der Waals surface area contributed by atoms with Gasteiger partial charge in [0.15, 0.2) is 0 Å². The molecule has 2 aromatic rings. The number of carboxylic acids is 1. The molecule has 0 bridgehead atoms. The number of nitrogens with zero attached hydrogens (tertiary/aromatic N) is 2. The van der Waals surface area contributed by atoms with Gasteiger partial charge < -0.3 is 15.7 Å². The highest BCUT2D eigenvalue weighted by Gasteiger charge is 2.28. The van der Waals surface area contributed by atoms with E-state index < -0.39 is 5.97 Å². The van der Waals surface area contributed by atoms with Gasteiger partial charge in [0.25, 0.3) is 5.91 Å². The predicted molar refractivity (Wildman–Crippen MR) is 142 cm³/mol. The van der Waals surface area contributed by atoms with E-state index in [9.17, 15) is 14.7 Å². The molecule has 1 amide bonds. The van der Waals surface area contributed by atoms with Crippen LogP contribution in [0.1, 0.15) is 112 Å². The molecule has 0 aromatic carbocycles. The molecule has 0 aliphatic heterocycles. The molecule has 3 N–H and O–H groups in total. The SMILES string of the molecule is O=C(O)CC(NC(=O)c1ccn2c(NC3CCCCC3)c(C3CC=CCC3)nc2c1)C1CCCCC1. The van der Waals surface area contributed by atoms with E-state index in [4.69, 9.17) is 4.98 Å². The molecule has 0 radical (unpaired) electrons. The van der Waals surface area contributed by atoms with Gasteiger partial charge in [0, 0.05) is 29.8 Å². The Balaban J connectivity index is 1.40. The molecular weight excluding hydrogens is 452 g/mol. The highest BCUT2D eigenvalue weighted by Crippen LogP contribution is 2.36. The summed E-state index contributed by atoms with van der Waals surface area (Å²) in [7, 11) is 0. The Morgan fingerprint density at radius 1 is 1.03 bits per heavy atom. The second-order valence-electron chi connectivity index (χ2n) is 11.0. The normalized spacial score (nSPS) is 22.4. The zero-order valence-electron chi connectivity index (χ0n) is 21.3. The summed E-state index contributed by atoms with van der Waals surface area (Å²) in [5.74, 6) is 0.617. The van der Waals surface area contributed by atoms with Crippen LogP contribution in [0.3, 0.4) is 0 Å². The van der Waals surface area contributed by atoms with Crippen molar-refractivity contribution in [2.45, 2.75) is 108 Å². The third-order valence-electron chi connectivity index (χ3n) is 8.45. The lowest BCUT2D eigenvalue weighted by atomic mass is 9.82. The number of carboxylic acid groups (broad SMARTS) is 1. The Labute approximate surface area is 213 Å². The van der Waals surface area contributed by atoms with Gasteiger partial charge in [0.1, 0.15) is 11.5 Å². The van der Waals surface area contributed by atoms with Gasteiger partial charge in [-0.25, -0.2) is 4.98 Å². The summed E-state index contributed by atoms with van der Waals surface area (Å²) in [5, 5.41) is 16.3. The summed E-state index contributed by atoms with van der Waals surface area (Å²) in [4.78, 5) is 29.8. The van der Waals surface area contributed by atoms with Crippen molar-refractivity contribution in [2.24, 2.45) is 5.92 Å². The number of fused-ring (bicyclic) bond motifs is 1. The lowest BCUT2D eigenvalue weighted by molar-refractivity contribution is -0.137. The lowest BCUT2D eigenvalue weighted by Gasteiger charge is -2.30. The van der Waals surface area contributed by atoms with Gasteiger partial charge in [-0.2, -0.15) is 0 Å². The summed E-state index contributed by atoms with van der Waals surface area (Å²) in [6.45, 7) is 0. The molecule has 2 saturated carbocycles. The van der Waals surface area contributed by atoms with Crippen LogP contribution in [0.5, 0.6) is 0 Å². The summed E-state index contributed by atoms with van der Waals surface area (Å²) < 4.78 is 2.11. The fourth-order valence-electron chi connectivity index (χ4n) is 6.43. The maximum atomic E-state index is 13.3. The second kappa shape index (κ2) is 11.5. The number of aromatic nitrogens is 2. The Morgan fingerprint density at radius 2 is 1.78 bits per heavy atom. The first-order valence-corrected chi connectivity index (χ1v) is 14.0. The van der Waals surface area contributed by atoms with E-state index in [-0.39, 0.29) is 24.3 Å². The first-order chi connectivity index (χ1) is 17.6. The van der Waals surface area contributed by atoms with Crippen LogP contribution < -0.4 is 10.6 Å². The number of amides is 1. The number of aliphatic carboxylic acids is 1. The molecule has 3 aliphatic carbocycles. The number of allylic oxidation sites excluding steroid dienone is 2. The van der Waals surface area contributed by atoms with Crippen LogP contribution in [0.15, 0.2) is 30.5 Å². The predicted octanol–water partition coefficient (Wildman–Crippen LogP) is 6.06. The average Bonchev–Trinajstić information content (AvgIpc) is 3.27. The molecule has 2 aromatic heterocycles. The number of carbonyl (C=O) groups is 2. The number of pyridine rings is 1. The minimum atomic E-state index is -0.862. The van der Waals surface area contributed by atoms with E-state index in [2.05, 4.69) is 27.2 Å². The van der Waals surface area contributed by atoms with Crippen molar-refractivity contribution in [1.82, 2.24) is 14.7 Å². The quantitative estimate of drug-likeness (QED) is 0.390. The number of carbonyl (C=O) groups excluding carboxylic acids is 1. The standard InChI is InChI=1S/C29H40N4O3/c34-26(35)19-24(20-10-4-1-5-11-20)31-29(36)22-16-17-33-25(18-22)32-27(21-12-6-2-7-13-21)28(33)30-23-14-8-3-9-15-23/h2,6,16-18,20-21,23-24,30H,1,3-5,7-15,19H2,(H,31,36)(H,34,35). The van der Waals surface area contributed by atoms with Crippen molar-refractivity contribution in [1.29, 1.82) is 0 Å². The van der Waals surface area contributed by atoms with Crippen LogP contribution in [0.25, 0.3) is 5.65 Å². The Kier molecular flexibility index (Phi) is 7.93. The fraction of sp³-hybridized carbons (Fsp3) is 0.621. The number of anilines is 1. The van der Waals surface area contributed by atoms with Crippen molar-refractivity contribution in [3.63, 3.8) is 0 Å². The summed E-state index contributed by atoms with van der Waals surface area (Å²) in [6, 6.07) is 3.84. The van der Waals surface area contributed by atoms with Gasteiger partial charge in [-0.1, -0.05) is 50.7 Å². The second-order valence-corrected chi connectivity index (χ2v) is 11.0. The van der Waals surface area contributed by atoms with Crippen LogP contribution >= 0.6 is 0 Å². The maximum Gasteiger partial charge on any atom is 0.305 e. The van der Waals surface area contributed by atoms with Gasteiger partial charge in [-0.15, -0.1) is 0 Å². The maximum absolute atomic E-state index is 13.3. The minimum Gasteiger partial charge on any atom is -0.481 e. The van der Waals surface area contributed by atoms with Crippen LogP contribution in [0.2, 0.25) is 0 Å². The Hall–Kier alpha value is -2.83. The molecular formula is C29H40N4O3. The zero-order valence-corrected chi connectivity index (χ0v) is 21.3. The monoisotopic (exact) mass is 492 g/mol. The van der Waals surface area contributed by atoms with E-state index in [1.807, 2.05) is 18.3 Å². The highest BCUT2D eigenvalue weighted by atomic mass is 16.4. The van der Waals surface area contributed by atoms with E-state index in [1.165, 1.54) is 38.5 Å². The molecule has 2 fully saturated rings. The summed E-state index contributed by atoms with van der Waals surface area (Å²) in [6.07, 6.45) is 21.2. The van der Waals surface area contributed by atoms with Gasteiger partial charge >= 0.3 is 5.97 Å². The topological polar surface area (TPSA) is 95.7 Å². The van der Waals surface area contributed by atoms with Gasteiger partial charge in [-0.3, -0.25) is 14.0 Å². The molecule has 0 saturated heterocycles. The lowest BCUT2D eigenvalue weighted by Crippen LogP contribution is -2.42. The van der Waals surface area contributed by atoms with Crippen molar-refractivity contribution < 1.29 is 14.7 Å². The van der Waals surface area contributed by atoms with E-state index in [0.717, 1.165) is 62.1 Å². The van der Waals surface area contributed by atoms with Gasteiger partial charge in [0.05, 0.1) is 12.1 Å². The fourth-order valence-corrected chi connectivity index (χ4v) is 6.43. The molecule has 2 heterocycles. The van der Waals surface area contributed by atoms with Gasteiger partial charge in [0.2, 0.25) is 0 Å². The number of hydrogen-bond donors (Lipinski definition) is 3. The molecule has 2 atom stereocenters. The Bertz CT molecular complexity index is 1100. The van der Waals surface area contributed by atoms with Crippen LogP contribution in [0.4, 0.5) is 5.82 Å². The van der Waals surface area contributed by atoms with Crippen molar-refractivity contribution in [2.75, 3.05) is 5.32 Å². The molecule has 36 heavy (non-hydrogen) atoms. The molecule has 0 spiro atoms. The van der Waals surface area contributed by atoms with Crippen molar-refractivity contribution >= 4 is 23.3 Å². The summed E-state index contributed by atoms with van der Waals surface area (Å²) in [5.41, 5.74) is 2.42. The molecule has 7 heteroatoms. The zero-order chi connectivity index (χ0) is 24.9. The van der Waals surface area contributed by atoms with Crippen LogP contribution in [0, 0.1) is 5.92 Å². The molecule has 3 aliphatic rings. The number of imidazole rings is 1. The largest absolute Gasteiger partial charge is 0.481 e. The Morgan fingerprint density at radius 3 is 2.47 bits per heavy atom. The highest BCUT2D eigenvalue weighted by molar-refractivity contribution is 5.95. The molecule has 5 rings (SSSR count). The van der Waals surface area contributed by atoms with Crippen LogP contribution in [-0.2, 0) is 4.79 Å². The number of rotatable bonds is 8. The first-order valence-electron chi connectivity index (χ1n) is 14.0. The number of nitrogens with one attached hydrogen (secondary N) is 2. The van der Waals surface area contributed by atoms with E-state index in [0.29, 0.717) is 17.5 Å². The van der Waals surface area contributed by atoms with E-state index >= 15 is 0 Å². The van der Waals surface area contributed by atoms with E-state index in [1.54, 1.807) is 0 Å². The molecule has 2 unspecified atom stereocenters. The molecule has 7 nitrogen and oxygen atoms in total. The third kappa shape index (κ3) is 5.76. The van der Waals surface area contributed by atoms with Crippen LogP contribution in [-0.4, -0.2) is 38.5 Å². The smallest absolute Gasteiger partial charge is 0.305 e. The summed E-state index contributed by atoms with van der Waals surface area (Å²) >= 11 is 0. The average molecular weight is 493 g/mol.